The maximum atomic E-state index is 12.3. The number of aromatic nitrogens is 1. The second-order valence-electron chi connectivity index (χ2n) is 7.70. The molecule has 1 aliphatic rings. The quantitative estimate of drug-likeness (QED) is 0.320. The minimum Gasteiger partial charge on any atom is -0.481 e. The summed E-state index contributed by atoms with van der Waals surface area (Å²) in [5, 5.41) is 12.8. The Morgan fingerprint density at radius 2 is 1.91 bits per heavy atom. The van der Waals surface area contributed by atoms with Gasteiger partial charge in [0.15, 0.2) is 0 Å². The van der Waals surface area contributed by atoms with Crippen molar-refractivity contribution >= 4 is 60.5 Å². The summed E-state index contributed by atoms with van der Waals surface area (Å²) in [6.07, 6.45) is 0.466. The zero-order valence-corrected chi connectivity index (χ0v) is 19.9. The summed E-state index contributed by atoms with van der Waals surface area (Å²) in [4.78, 5) is 29.9. The molecule has 6 nitrogen and oxygen atoms in total. The highest BCUT2D eigenvalue weighted by Gasteiger charge is 2.53. The number of carboxylic acid groups (broad SMARTS) is 1. The number of carboxylic acids is 1. The summed E-state index contributed by atoms with van der Waals surface area (Å²) in [5.41, 5.74) is 2.34. The van der Waals surface area contributed by atoms with Gasteiger partial charge in [-0.05, 0) is 49.3 Å². The van der Waals surface area contributed by atoms with Crippen LogP contribution in [-0.2, 0) is 14.9 Å². The fraction of sp³-hybridized carbons (Fsp3) is 0.208. The summed E-state index contributed by atoms with van der Waals surface area (Å²) in [6, 6.07) is 13.5. The highest BCUT2D eigenvalue weighted by molar-refractivity contribution is 7.28. The number of nitrogens with zero attached hydrogens (tertiary/aromatic N) is 1. The van der Waals surface area contributed by atoms with Gasteiger partial charge in [-0.15, -0.1) is 34.0 Å². The molecule has 1 amide bonds. The van der Waals surface area contributed by atoms with E-state index in [2.05, 4.69) is 22.1 Å². The predicted octanol–water partition coefficient (Wildman–Crippen LogP) is 6.25. The predicted molar refractivity (Wildman–Crippen MR) is 131 cm³/mol. The van der Waals surface area contributed by atoms with Crippen LogP contribution in [0.1, 0.15) is 46.9 Å². The molecular formula is C24H18N2O4S3. The number of thiophene rings is 2. The van der Waals surface area contributed by atoms with Crippen molar-refractivity contribution in [2.24, 2.45) is 0 Å². The molecule has 0 aliphatic heterocycles. The lowest BCUT2D eigenvalue weighted by atomic mass is 10.1. The molecular weight excluding hydrogens is 476 g/mol. The van der Waals surface area contributed by atoms with E-state index in [0.29, 0.717) is 23.5 Å². The van der Waals surface area contributed by atoms with Gasteiger partial charge >= 0.3 is 12.1 Å². The molecule has 1 aromatic carbocycles. The van der Waals surface area contributed by atoms with Crippen molar-refractivity contribution in [2.45, 2.75) is 31.3 Å². The van der Waals surface area contributed by atoms with Gasteiger partial charge in [-0.3, -0.25) is 10.1 Å². The molecule has 0 saturated heterocycles. The molecule has 3 heterocycles. The lowest BCUT2D eigenvalue weighted by Gasteiger charge is -2.13. The minimum absolute atomic E-state index is 0.381. The number of amides is 1. The van der Waals surface area contributed by atoms with Crippen molar-refractivity contribution in [3.05, 3.63) is 69.0 Å². The molecule has 1 atom stereocenters. The van der Waals surface area contributed by atoms with Crippen LogP contribution in [0.2, 0.25) is 0 Å². The maximum absolute atomic E-state index is 12.3. The number of aliphatic carboxylic acids is 1. The van der Waals surface area contributed by atoms with E-state index in [1.807, 2.05) is 49.4 Å². The molecule has 4 aromatic rings. The molecule has 0 bridgehead atoms. The van der Waals surface area contributed by atoms with Crippen LogP contribution in [0.4, 0.5) is 9.80 Å². The van der Waals surface area contributed by atoms with Crippen LogP contribution in [0, 0.1) is 11.8 Å². The van der Waals surface area contributed by atoms with Crippen molar-refractivity contribution in [2.75, 3.05) is 5.32 Å². The SMILES string of the molecule is CC(OC(=O)Nc1scnc1C#Cc1cc2sc(C3(C(=O)O)CC3)cc2s1)c1ccccc1. The van der Waals surface area contributed by atoms with Crippen LogP contribution in [0.15, 0.2) is 48.0 Å². The number of anilines is 1. The minimum atomic E-state index is -0.739. The number of nitrogens with one attached hydrogen (secondary N) is 1. The second kappa shape index (κ2) is 8.63. The van der Waals surface area contributed by atoms with Crippen molar-refractivity contribution in [1.29, 1.82) is 0 Å². The zero-order chi connectivity index (χ0) is 23.0. The summed E-state index contributed by atoms with van der Waals surface area (Å²) in [5.74, 6) is 5.40. The van der Waals surface area contributed by atoms with E-state index in [4.69, 9.17) is 4.74 Å². The number of fused-ring (bicyclic) bond motifs is 1. The number of carbonyl (C=O) groups is 2. The van der Waals surface area contributed by atoms with Gasteiger partial charge in [-0.1, -0.05) is 30.3 Å². The summed E-state index contributed by atoms with van der Waals surface area (Å²) in [7, 11) is 0. The first-order chi connectivity index (χ1) is 15.9. The Morgan fingerprint density at radius 3 is 2.61 bits per heavy atom. The average molecular weight is 495 g/mol. The van der Waals surface area contributed by atoms with Crippen LogP contribution < -0.4 is 5.32 Å². The highest BCUT2D eigenvalue weighted by Crippen LogP contribution is 2.52. The molecule has 166 valence electrons. The van der Waals surface area contributed by atoms with Crippen molar-refractivity contribution in [3.63, 3.8) is 0 Å². The molecule has 0 radical (unpaired) electrons. The van der Waals surface area contributed by atoms with Gasteiger partial charge < -0.3 is 9.84 Å². The van der Waals surface area contributed by atoms with Crippen LogP contribution in [-0.4, -0.2) is 22.2 Å². The summed E-state index contributed by atoms with van der Waals surface area (Å²) < 4.78 is 7.55. The van der Waals surface area contributed by atoms with Gasteiger partial charge in [0, 0.05) is 14.3 Å². The molecule has 1 fully saturated rings. The number of hydrogen-bond acceptors (Lipinski definition) is 7. The third-order valence-electron chi connectivity index (χ3n) is 5.48. The Labute approximate surface area is 201 Å². The fourth-order valence-electron chi connectivity index (χ4n) is 3.44. The molecule has 1 aliphatic carbocycles. The van der Waals surface area contributed by atoms with E-state index in [-0.39, 0.29) is 6.10 Å². The van der Waals surface area contributed by atoms with Gasteiger partial charge in [-0.2, -0.15) is 0 Å². The number of rotatable bonds is 5. The zero-order valence-electron chi connectivity index (χ0n) is 17.5. The smallest absolute Gasteiger partial charge is 0.412 e. The Hall–Kier alpha value is -3.19. The first-order valence-corrected chi connectivity index (χ1v) is 12.7. The lowest BCUT2D eigenvalue weighted by Crippen LogP contribution is -2.17. The van der Waals surface area contributed by atoms with Crippen LogP contribution in [0.3, 0.4) is 0 Å². The Morgan fingerprint density at radius 1 is 1.15 bits per heavy atom. The Bertz CT molecular complexity index is 1370. The average Bonchev–Trinajstić information content (AvgIpc) is 3.12. The Balaban J connectivity index is 1.27. The van der Waals surface area contributed by atoms with E-state index in [0.717, 1.165) is 24.7 Å². The third kappa shape index (κ3) is 4.37. The van der Waals surface area contributed by atoms with Gasteiger partial charge in [0.1, 0.15) is 22.2 Å². The Kier molecular flexibility index (Phi) is 5.66. The van der Waals surface area contributed by atoms with Crippen LogP contribution >= 0.6 is 34.0 Å². The topological polar surface area (TPSA) is 88.5 Å². The largest absolute Gasteiger partial charge is 0.481 e. The van der Waals surface area contributed by atoms with E-state index in [9.17, 15) is 14.7 Å². The fourth-order valence-corrected chi connectivity index (χ4v) is 6.55. The molecule has 33 heavy (non-hydrogen) atoms. The summed E-state index contributed by atoms with van der Waals surface area (Å²) >= 11 is 4.34. The van der Waals surface area contributed by atoms with Gasteiger partial charge in [-0.25, -0.2) is 9.78 Å². The van der Waals surface area contributed by atoms with Gasteiger partial charge in [0.05, 0.1) is 10.4 Å². The van der Waals surface area contributed by atoms with Crippen molar-refractivity contribution in [1.82, 2.24) is 4.98 Å². The normalized spacial score (nSPS) is 14.8. The number of hydrogen-bond donors (Lipinski definition) is 2. The molecule has 0 spiro atoms. The number of benzene rings is 1. The maximum Gasteiger partial charge on any atom is 0.412 e. The molecule has 5 rings (SSSR count). The van der Waals surface area contributed by atoms with Gasteiger partial charge in [0.2, 0.25) is 0 Å². The van der Waals surface area contributed by atoms with E-state index in [1.165, 1.54) is 34.0 Å². The lowest BCUT2D eigenvalue weighted by molar-refractivity contribution is -0.139. The monoisotopic (exact) mass is 494 g/mol. The third-order valence-corrected chi connectivity index (χ3v) is 8.63. The van der Waals surface area contributed by atoms with Crippen LogP contribution in [0.25, 0.3) is 9.40 Å². The number of thiazole rings is 1. The van der Waals surface area contributed by atoms with E-state index < -0.39 is 17.5 Å². The second-order valence-corrected chi connectivity index (χ2v) is 10.7. The molecule has 3 aromatic heterocycles. The number of carbonyl (C=O) groups excluding carboxylic acids is 1. The van der Waals surface area contributed by atoms with Crippen LogP contribution in [0.5, 0.6) is 0 Å². The first-order valence-electron chi connectivity index (χ1n) is 10.2. The molecule has 1 saturated carbocycles. The van der Waals surface area contributed by atoms with Crippen molar-refractivity contribution < 1.29 is 19.4 Å². The summed E-state index contributed by atoms with van der Waals surface area (Å²) in [6.45, 7) is 1.82. The molecule has 1 unspecified atom stereocenters. The van der Waals surface area contributed by atoms with E-state index >= 15 is 0 Å². The highest BCUT2D eigenvalue weighted by atomic mass is 32.1. The van der Waals surface area contributed by atoms with E-state index in [1.54, 1.807) is 5.51 Å². The van der Waals surface area contributed by atoms with Crippen molar-refractivity contribution in [3.8, 4) is 11.8 Å². The van der Waals surface area contributed by atoms with Gasteiger partial charge in [0.25, 0.3) is 0 Å². The number of ether oxygens (including phenoxy) is 1. The molecule has 2 N–H and O–H groups in total. The first kappa shape index (κ1) is 21.6. The standard InChI is InChI=1S/C24H18N2O4S3/c1-14(15-5-3-2-4-6-15)30-23(29)26-21-17(25-13-31-21)8-7-16-11-18-19(32-16)12-20(33-18)24(9-10-24)22(27)28/h2-6,11-14H,9-10H2,1H3,(H,26,29)(H,27,28). The molecule has 9 heteroatoms.